The third-order valence-electron chi connectivity index (χ3n) is 3.57. The van der Waals surface area contributed by atoms with Crippen molar-refractivity contribution in [1.82, 2.24) is 0 Å². The summed E-state index contributed by atoms with van der Waals surface area (Å²) in [7, 11) is 3.79. The van der Waals surface area contributed by atoms with Gasteiger partial charge in [-0.25, -0.2) is 0 Å². The Bertz CT molecular complexity index is 722. The molecule has 2 heteroatoms. The highest BCUT2D eigenvalue weighted by molar-refractivity contribution is 5.91. The minimum atomic E-state index is 0.913. The van der Waals surface area contributed by atoms with Crippen LogP contribution in [0, 0.1) is 0 Å². The second kappa shape index (κ2) is 5.25. The van der Waals surface area contributed by atoms with Gasteiger partial charge in [0.25, 0.3) is 0 Å². The molecule has 3 aromatic carbocycles. The molecular formula is C18H17NO. The first-order valence-corrected chi connectivity index (χ1v) is 6.65. The third-order valence-corrected chi connectivity index (χ3v) is 3.57. The molecule has 0 amide bonds. The molecule has 0 aliphatic heterocycles. The lowest BCUT2D eigenvalue weighted by atomic mass is 10.1. The second-order valence-electron chi connectivity index (χ2n) is 4.76. The molecule has 0 fully saturated rings. The first-order chi connectivity index (χ1) is 9.79. The van der Waals surface area contributed by atoms with E-state index in [9.17, 15) is 0 Å². The number of nitrogens with zero attached hydrogens (tertiary/aromatic N) is 1. The normalized spacial score (nSPS) is 10.5. The topological polar surface area (TPSA) is 12.5 Å². The Labute approximate surface area is 119 Å². The molecule has 3 rings (SSSR count). The second-order valence-corrected chi connectivity index (χ2v) is 4.76. The van der Waals surface area contributed by atoms with E-state index in [4.69, 9.17) is 4.74 Å². The zero-order chi connectivity index (χ0) is 13.9. The van der Waals surface area contributed by atoms with Crippen LogP contribution in [0.1, 0.15) is 0 Å². The molecule has 0 unspecified atom stereocenters. The summed E-state index contributed by atoms with van der Waals surface area (Å²) in [6, 6.07) is 22.9. The largest absolute Gasteiger partial charge is 0.496 e. The van der Waals surface area contributed by atoms with Crippen LogP contribution < -0.4 is 9.64 Å². The van der Waals surface area contributed by atoms with Crippen molar-refractivity contribution in [2.45, 2.75) is 0 Å². The van der Waals surface area contributed by atoms with Gasteiger partial charge in [-0.1, -0.05) is 30.3 Å². The lowest BCUT2D eigenvalue weighted by Crippen LogP contribution is -2.08. The predicted molar refractivity (Wildman–Crippen MR) is 85.0 cm³/mol. The van der Waals surface area contributed by atoms with Gasteiger partial charge in [-0.2, -0.15) is 0 Å². The molecule has 2 nitrogen and oxygen atoms in total. The molecule has 0 radical (unpaired) electrons. The van der Waals surface area contributed by atoms with Crippen LogP contribution in [0.5, 0.6) is 5.75 Å². The number of ether oxygens (including phenoxy) is 1. The molecule has 3 aromatic rings. The van der Waals surface area contributed by atoms with Gasteiger partial charge in [-0.15, -0.1) is 0 Å². The molecular weight excluding hydrogens is 246 g/mol. The average Bonchev–Trinajstić information content (AvgIpc) is 2.53. The molecule has 0 spiro atoms. The Kier molecular flexibility index (Phi) is 3.30. The van der Waals surface area contributed by atoms with E-state index in [1.165, 1.54) is 11.1 Å². The Balaban J connectivity index is 2.05. The molecule has 0 heterocycles. The lowest BCUT2D eigenvalue weighted by molar-refractivity contribution is 0.420. The van der Waals surface area contributed by atoms with Crippen molar-refractivity contribution < 1.29 is 4.74 Å². The first-order valence-electron chi connectivity index (χ1n) is 6.65. The van der Waals surface area contributed by atoms with Gasteiger partial charge in [0, 0.05) is 23.8 Å². The first kappa shape index (κ1) is 12.5. The summed E-state index contributed by atoms with van der Waals surface area (Å²) in [6.45, 7) is 0. The highest BCUT2D eigenvalue weighted by Gasteiger charge is 2.06. The molecule has 0 aromatic heterocycles. The molecule has 100 valence electrons. The highest BCUT2D eigenvalue weighted by Crippen LogP contribution is 2.31. The molecule has 0 N–H and O–H groups in total. The molecule has 0 atom stereocenters. The summed E-state index contributed by atoms with van der Waals surface area (Å²) in [6.07, 6.45) is 0. The molecule has 20 heavy (non-hydrogen) atoms. The highest BCUT2D eigenvalue weighted by atomic mass is 16.5. The molecule has 0 aliphatic rings. The van der Waals surface area contributed by atoms with Crippen LogP contribution in [-0.2, 0) is 0 Å². The van der Waals surface area contributed by atoms with E-state index in [0.717, 1.165) is 16.8 Å². The maximum absolute atomic E-state index is 5.40. The minimum absolute atomic E-state index is 0.913. The van der Waals surface area contributed by atoms with Crippen LogP contribution in [0.4, 0.5) is 11.4 Å². The monoisotopic (exact) mass is 263 g/mol. The van der Waals surface area contributed by atoms with Crippen molar-refractivity contribution in [3.63, 3.8) is 0 Å². The van der Waals surface area contributed by atoms with Gasteiger partial charge in [-0.3, -0.25) is 0 Å². The van der Waals surface area contributed by atoms with Crippen molar-refractivity contribution in [3.05, 3.63) is 66.7 Å². The van der Waals surface area contributed by atoms with Crippen LogP contribution in [-0.4, -0.2) is 14.2 Å². The lowest BCUT2D eigenvalue weighted by Gasteiger charge is -2.20. The number of rotatable bonds is 3. The Morgan fingerprint density at radius 1 is 0.800 bits per heavy atom. The molecule has 0 bridgehead atoms. The van der Waals surface area contributed by atoms with Gasteiger partial charge >= 0.3 is 0 Å². The van der Waals surface area contributed by atoms with Gasteiger partial charge in [0.05, 0.1) is 7.11 Å². The van der Waals surface area contributed by atoms with Crippen molar-refractivity contribution >= 4 is 22.1 Å². The summed E-state index contributed by atoms with van der Waals surface area (Å²) < 4.78 is 5.40. The molecule has 0 saturated carbocycles. The van der Waals surface area contributed by atoms with Crippen LogP contribution in [0.2, 0.25) is 0 Å². The third kappa shape index (κ3) is 2.21. The van der Waals surface area contributed by atoms with E-state index in [1.807, 2.05) is 18.2 Å². The quantitative estimate of drug-likeness (QED) is 0.684. The Morgan fingerprint density at radius 3 is 2.35 bits per heavy atom. The zero-order valence-electron chi connectivity index (χ0n) is 11.7. The summed E-state index contributed by atoms with van der Waals surface area (Å²) in [5.41, 5.74) is 2.34. The van der Waals surface area contributed by atoms with E-state index in [1.54, 1.807) is 7.11 Å². The number of hydrogen-bond acceptors (Lipinski definition) is 2. The van der Waals surface area contributed by atoms with Crippen molar-refractivity contribution in [1.29, 1.82) is 0 Å². The van der Waals surface area contributed by atoms with Crippen LogP contribution in [0.15, 0.2) is 66.7 Å². The Hall–Kier alpha value is -2.48. The SMILES string of the molecule is COc1cccc2cc(N(C)c3ccccc3)ccc12. The fourth-order valence-electron chi connectivity index (χ4n) is 2.43. The number of methoxy groups -OCH3 is 1. The summed E-state index contributed by atoms with van der Waals surface area (Å²) in [4.78, 5) is 2.18. The average molecular weight is 263 g/mol. The Morgan fingerprint density at radius 2 is 1.60 bits per heavy atom. The van der Waals surface area contributed by atoms with Gasteiger partial charge in [0.15, 0.2) is 0 Å². The van der Waals surface area contributed by atoms with E-state index in [-0.39, 0.29) is 0 Å². The number of benzene rings is 3. The fraction of sp³-hybridized carbons (Fsp3) is 0.111. The molecule has 0 saturated heterocycles. The summed E-state index contributed by atoms with van der Waals surface area (Å²) >= 11 is 0. The van der Waals surface area contributed by atoms with Crippen molar-refractivity contribution in [3.8, 4) is 5.75 Å². The summed E-state index contributed by atoms with van der Waals surface area (Å²) in [5.74, 6) is 0.913. The van der Waals surface area contributed by atoms with Gasteiger partial charge < -0.3 is 9.64 Å². The maximum atomic E-state index is 5.40. The zero-order valence-corrected chi connectivity index (χ0v) is 11.7. The van der Waals surface area contributed by atoms with Gasteiger partial charge in [-0.05, 0) is 41.8 Å². The standard InChI is InChI=1S/C18H17NO/c1-19(15-8-4-3-5-9-15)16-11-12-17-14(13-16)7-6-10-18(17)20-2/h3-13H,1-2H3. The molecule has 0 aliphatic carbocycles. The van der Waals surface area contributed by atoms with Crippen molar-refractivity contribution in [2.24, 2.45) is 0 Å². The van der Waals surface area contributed by atoms with Crippen LogP contribution >= 0.6 is 0 Å². The predicted octanol–water partition coefficient (Wildman–Crippen LogP) is 4.62. The van der Waals surface area contributed by atoms with E-state index >= 15 is 0 Å². The number of hydrogen-bond donors (Lipinski definition) is 0. The van der Waals surface area contributed by atoms with Crippen LogP contribution in [0.25, 0.3) is 10.8 Å². The van der Waals surface area contributed by atoms with E-state index < -0.39 is 0 Å². The summed E-state index contributed by atoms with van der Waals surface area (Å²) in [5, 5.41) is 2.32. The van der Waals surface area contributed by atoms with E-state index in [2.05, 4.69) is 60.5 Å². The number of para-hydroxylation sites is 1. The smallest absolute Gasteiger partial charge is 0.126 e. The number of anilines is 2. The minimum Gasteiger partial charge on any atom is -0.496 e. The van der Waals surface area contributed by atoms with Gasteiger partial charge in [0.2, 0.25) is 0 Å². The fourth-order valence-corrected chi connectivity index (χ4v) is 2.43. The van der Waals surface area contributed by atoms with Crippen molar-refractivity contribution in [2.75, 3.05) is 19.1 Å². The van der Waals surface area contributed by atoms with E-state index in [0.29, 0.717) is 0 Å². The van der Waals surface area contributed by atoms with Gasteiger partial charge in [0.1, 0.15) is 5.75 Å². The number of fused-ring (bicyclic) bond motifs is 1. The van der Waals surface area contributed by atoms with Crippen LogP contribution in [0.3, 0.4) is 0 Å². The maximum Gasteiger partial charge on any atom is 0.126 e.